The van der Waals surface area contributed by atoms with Gasteiger partial charge in [-0.3, -0.25) is 20.5 Å². The second-order valence-corrected chi connectivity index (χ2v) is 36.1. The molecule has 12 N–H and O–H groups in total. The Morgan fingerprint density at radius 2 is 0.770 bits per heavy atom. The number of ether oxygens (including phenoxy) is 3. The van der Waals surface area contributed by atoms with E-state index in [0.717, 1.165) is 283 Å². The van der Waals surface area contributed by atoms with E-state index in [4.69, 9.17) is 104 Å². The first-order valence-corrected chi connectivity index (χ1v) is 49.2. The molecule has 3 aliphatic heterocycles. The fourth-order valence-electron chi connectivity index (χ4n) is 16.8. The predicted octanol–water partition coefficient (Wildman–Crippen LogP) is 27.2. The maximum atomic E-state index is 8.57. The van der Waals surface area contributed by atoms with Gasteiger partial charge >= 0.3 is 21.1 Å². The van der Waals surface area contributed by atoms with Crippen LogP contribution in [-0.2, 0) is 48.1 Å². The van der Waals surface area contributed by atoms with Gasteiger partial charge in [0.1, 0.15) is 22.8 Å². The molecule has 3 aliphatic rings. The molecular formula is C113H134BrN21O3Pt. The number of allylic oxidation sites excluding steroid dienone is 8. The average molecular weight is 2110 g/mol. The molecule has 0 aliphatic carbocycles. The van der Waals surface area contributed by atoms with E-state index in [1.165, 1.54) is 5.56 Å². The maximum absolute atomic E-state index is 8.57. The minimum absolute atomic E-state index is 0. The quantitative estimate of drug-likeness (QED) is 0.0177. The summed E-state index contributed by atoms with van der Waals surface area (Å²) in [6.07, 6.45) is 14.4. The molecule has 139 heavy (non-hydrogen) atoms. The van der Waals surface area contributed by atoms with Crippen LogP contribution in [-0.4, -0.2) is 116 Å². The summed E-state index contributed by atoms with van der Waals surface area (Å²) < 4.78 is 20.8. The zero-order chi connectivity index (χ0) is 99.0. The molecule has 26 heteroatoms. The Bertz CT molecular complexity index is 6530. The molecule has 15 rings (SSSR count). The van der Waals surface area contributed by atoms with Gasteiger partial charge in [0.25, 0.3) is 0 Å². The number of H-pyrrole nitrogens is 1. The molecule has 726 valence electrons. The van der Waals surface area contributed by atoms with Crippen molar-refractivity contribution in [3.8, 4) is 90.3 Å². The van der Waals surface area contributed by atoms with Gasteiger partial charge in [0.2, 0.25) is 0 Å². The Hall–Kier alpha value is -12.8. The van der Waals surface area contributed by atoms with Crippen LogP contribution in [0.1, 0.15) is 247 Å². The van der Waals surface area contributed by atoms with Crippen molar-refractivity contribution in [2.24, 2.45) is 27.2 Å². The molecule has 0 saturated carbocycles. The summed E-state index contributed by atoms with van der Waals surface area (Å²) in [5, 5.41) is 37.3. The van der Waals surface area contributed by atoms with Gasteiger partial charge < -0.3 is 53.7 Å². The van der Waals surface area contributed by atoms with Crippen LogP contribution in [0.15, 0.2) is 242 Å². The smallest absolute Gasteiger partial charge is 0.697 e. The second-order valence-electron chi connectivity index (χ2n) is 35.3. The van der Waals surface area contributed by atoms with Crippen molar-refractivity contribution < 1.29 is 35.3 Å². The molecule has 0 bridgehead atoms. The van der Waals surface area contributed by atoms with Crippen molar-refractivity contribution in [2.45, 2.75) is 239 Å². The number of hydrogen-bond donors (Lipinski definition) is 7. The van der Waals surface area contributed by atoms with Gasteiger partial charge in [0.05, 0.1) is 91.2 Å². The van der Waals surface area contributed by atoms with E-state index in [1.807, 2.05) is 152 Å². The van der Waals surface area contributed by atoms with Crippen molar-refractivity contribution >= 4 is 55.9 Å². The van der Waals surface area contributed by atoms with E-state index >= 15 is 0 Å². The summed E-state index contributed by atoms with van der Waals surface area (Å²) >= 11 is 3.41. The molecule has 12 heterocycles. The van der Waals surface area contributed by atoms with Crippen molar-refractivity contribution in [1.29, 1.82) is 16.2 Å². The number of nitrogens with zero attached hydrogens (tertiary/aromatic N) is 12. The van der Waals surface area contributed by atoms with Crippen molar-refractivity contribution in [3.63, 3.8) is 0 Å². The van der Waals surface area contributed by atoms with E-state index in [2.05, 4.69) is 157 Å². The summed E-state index contributed by atoms with van der Waals surface area (Å²) in [6.45, 7) is 36.4. The third-order valence-corrected chi connectivity index (χ3v) is 25.8. The molecule has 3 aromatic carbocycles. The predicted molar refractivity (Wildman–Crippen MR) is 569 cm³/mol. The van der Waals surface area contributed by atoms with E-state index < -0.39 is 0 Å². The Balaban J connectivity index is 0.000000183. The van der Waals surface area contributed by atoms with Crippen molar-refractivity contribution in [3.05, 3.63) is 311 Å². The van der Waals surface area contributed by atoms with Gasteiger partial charge in [0, 0.05) is 98.8 Å². The number of aromatic nitrogens is 11. The number of aryl methyl sites for hydroxylation is 5. The number of benzene rings is 3. The van der Waals surface area contributed by atoms with Gasteiger partial charge in [-0.25, -0.2) is 39.6 Å². The molecule has 0 spiro atoms. The monoisotopic (exact) mass is 2110 g/mol. The van der Waals surface area contributed by atoms with Gasteiger partial charge in [-0.05, 0) is 383 Å². The molecule has 12 aromatic rings. The third kappa shape index (κ3) is 27.2. The van der Waals surface area contributed by atoms with Crippen molar-refractivity contribution in [1.82, 2.24) is 54.9 Å². The Morgan fingerprint density at radius 3 is 1.16 bits per heavy atom. The first kappa shape index (κ1) is 107. The van der Waals surface area contributed by atoms with Crippen LogP contribution in [0.5, 0.6) is 0 Å². The molecule has 3 saturated heterocycles. The third-order valence-electron chi connectivity index (χ3n) is 25.3. The van der Waals surface area contributed by atoms with Crippen LogP contribution in [0, 0.1) is 50.8 Å². The zero-order valence-corrected chi connectivity index (χ0v) is 87.4. The molecule has 3 fully saturated rings. The van der Waals surface area contributed by atoms with Gasteiger partial charge in [-0.2, -0.15) is 10.2 Å². The largest absolute Gasteiger partial charge is 2.00 e. The van der Waals surface area contributed by atoms with Gasteiger partial charge in [-0.1, -0.05) is 90.9 Å². The molecule has 3 unspecified atom stereocenters. The Kier molecular flexibility index (Phi) is 38.9. The number of halogens is 1. The molecule has 3 atom stereocenters. The van der Waals surface area contributed by atoms with Crippen LogP contribution >= 0.6 is 15.9 Å². The standard InChI is InChI=1S/C39H48N6O2.2C29H32N6.C16H22BrN3O.Pt/c1-6-30(40)26(4)38(43-36-18-8-10-20-46-36)34-16-12-14-32(41-34)28-22-25(3)23-29(24-28)33-15-13-17-35(42-33)39-27(5)31(7-2)44-45(39)37-19-9-11-21-47-37;1-6-22(30)18(4)28(31)26-12-8-10-24(32-26)20-14-17(3)15-21(16-20)25-11-9-13-27(33-25)29-19(5)23(7-2)34-35-29;1-6-22(30)18(4)28(32)26-12-8-10-24(34-26)20-14-17(3)15-21(16-20)25-11-9-13-27(35-25)29(33)19(5)23(31)7-2;1-3-12(18)11(2)16(13-7-6-8-14(17)19-13)20-15-9-4-5-10-21-15;/h12-17,22-24,36-37H,6-11,18-21,40H2,1-5H3;8-16,31H,6-7,30H2,1-5H3,(H,34,35);8-16,30-33H,6-7H2,1-5H3;6-8,15H,3-5,9-10,18H2,1-2H3;/q;;-2;;+2/b;;28-18-,29-19-,30-22?,31-23?;;. The number of aromatic amines is 1. The fourth-order valence-corrected chi connectivity index (χ4v) is 17.2. The van der Waals surface area contributed by atoms with Crippen LogP contribution < -0.4 is 17.2 Å². The number of nitrogens with one attached hydrogen (secondary N) is 6. The maximum Gasteiger partial charge on any atom is 2.00 e. The van der Waals surface area contributed by atoms with Crippen molar-refractivity contribution in [2.75, 3.05) is 19.8 Å². The van der Waals surface area contributed by atoms with Gasteiger partial charge in [0.15, 0.2) is 6.23 Å². The summed E-state index contributed by atoms with van der Waals surface area (Å²) in [5.74, 6) is 0. The number of pyridine rings is 7. The first-order valence-electron chi connectivity index (χ1n) is 48.4. The summed E-state index contributed by atoms with van der Waals surface area (Å²) in [4.78, 5) is 43.9. The number of nitrogens with two attached hydrogens (primary N) is 3. The molecular weight excluding hydrogens is 1970 g/mol. The molecule has 9 aromatic heterocycles. The van der Waals surface area contributed by atoms with Crippen LogP contribution in [0.25, 0.3) is 113 Å². The Labute approximate surface area is 843 Å². The summed E-state index contributed by atoms with van der Waals surface area (Å²) in [5.41, 5.74) is 71.1. The average Bonchev–Trinajstić information content (AvgIpc) is 1.66. The minimum atomic E-state index is -0.175. The van der Waals surface area contributed by atoms with E-state index in [-0.39, 0.29) is 51.1 Å². The topological polar surface area (TPSA) is 386 Å². The number of aliphatic imine (C=N–C) groups is 2. The second kappa shape index (κ2) is 50.7. The van der Waals surface area contributed by atoms with E-state index in [9.17, 15) is 0 Å². The minimum Gasteiger partial charge on any atom is -0.697 e. The number of rotatable bonds is 28. The molecule has 24 nitrogen and oxygen atoms in total. The van der Waals surface area contributed by atoms with E-state index in [1.54, 1.807) is 26.0 Å². The van der Waals surface area contributed by atoms with Crippen LogP contribution in [0.2, 0.25) is 0 Å². The molecule has 0 amide bonds. The SMILES string of the molecule is CCC(=N)/C(C)=C(\[NH-])c1cccc(-c2cc(C)cc(-c3cccc(/C([NH-])=C(\C)C(=N)CC)n3)c2)n1.CCC(N)=C(C)C(=N)c1cccc(-c2cc(C)cc(-c3cccc(-c4n[nH]c(CC)c4C)n3)c2)n1.CCC(N)=C(C)C(=NC1CCCCO1)c1cccc(-c2cc(C)cc(-c3cccc(-c4c(C)c(CC)nn4C4CCCCO4)n3)c2)n1.CCC(N)=C(C)C(=NC1CCCCO1)c1cccc(Br)n1.[Pt+2]. The molecule has 0 radical (unpaired) electrons. The zero-order valence-electron chi connectivity index (χ0n) is 83.5. The van der Waals surface area contributed by atoms with Crippen LogP contribution in [0.4, 0.5) is 0 Å². The van der Waals surface area contributed by atoms with Crippen LogP contribution in [0.3, 0.4) is 0 Å². The first-order chi connectivity index (χ1) is 66.4. The summed E-state index contributed by atoms with van der Waals surface area (Å²) in [7, 11) is 0. The number of hydrogen-bond acceptors (Lipinski definition) is 20. The van der Waals surface area contributed by atoms with Gasteiger partial charge in [-0.15, -0.1) is 11.4 Å². The normalized spacial score (nSPS) is 15.9. The summed E-state index contributed by atoms with van der Waals surface area (Å²) in [6, 6.07) is 60.2. The fraction of sp³-hybridized carbons (Fsp3) is 0.345. The van der Waals surface area contributed by atoms with E-state index in [0.29, 0.717) is 70.3 Å². The Morgan fingerprint density at radius 1 is 0.410 bits per heavy atom.